The van der Waals surface area contributed by atoms with Crippen LogP contribution in [0.4, 0.5) is 5.69 Å². The van der Waals surface area contributed by atoms with Gasteiger partial charge in [0.15, 0.2) is 5.57 Å². The SMILES string of the molecule is CC1(C)OC(=O)C(=CNc2ccc(CC(=O)NC3CC3)cc2)C(=O)O1. The van der Waals surface area contributed by atoms with Crippen molar-refractivity contribution in [2.24, 2.45) is 0 Å². The quantitative estimate of drug-likeness (QED) is 0.479. The van der Waals surface area contributed by atoms with E-state index in [0.717, 1.165) is 18.4 Å². The summed E-state index contributed by atoms with van der Waals surface area (Å²) in [5, 5.41) is 5.80. The van der Waals surface area contributed by atoms with Crippen LogP contribution in [0.2, 0.25) is 0 Å². The smallest absolute Gasteiger partial charge is 0.350 e. The highest BCUT2D eigenvalue weighted by Gasteiger charge is 2.38. The van der Waals surface area contributed by atoms with Crippen LogP contribution < -0.4 is 10.6 Å². The summed E-state index contributed by atoms with van der Waals surface area (Å²) in [7, 11) is 0. The largest absolute Gasteiger partial charge is 0.419 e. The number of hydrogen-bond donors (Lipinski definition) is 2. The monoisotopic (exact) mass is 344 g/mol. The summed E-state index contributed by atoms with van der Waals surface area (Å²) >= 11 is 0. The summed E-state index contributed by atoms with van der Waals surface area (Å²) in [4.78, 5) is 35.4. The van der Waals surface area contributed by atoms with Gasteiger partial charge in [0.2, 0.25) is 5.91 Å². The van der Waals surface area contributed by atoms with Crippen LogP contribution in [0, 0.1) is 0 Å². The molecule has 0 radical (unpaired) electrons. The molecule has 0 spiro atoms. The number of nitrogens with one attached hydrogen (secondary N) is 2. The van der Waals surface area contributed by atoms with Crippen LogP contribution in [0.3, 0.4) is 0 Å². The second-order valence-electron chi connectivity index (χ2n) is 6.60. The van der Waals surface area contributed by atoms with Crippen molar-refractivity contribution in [3.8, 4) is 0 Å². The van der Waals surface area contributed by atoms with Gasteiger partial charge in [-0.15, -0.1) is 0 Å². The normalized spacial score (nSPS) is 18.9. The topological polar surface area (TPSA) is 93.7 Å². The van der Waals surface area contributed by atoms with Gasteiger partial charge in [-0.1, -0.05) is 12.1 Å². The van der Waals surface area contributed by atoms with Crippen molar-refractivity contribution in [1.82, 2.24) is 5.32 Å². The molecule has 1 aromatic carbocycles. The number of rotatable bonds is 5. The molecule has 3 rings (SSSR count). The maximum absolute atomic E-state index is 11.8. The first-order chi connectivity index (χ1) is 11.8. The molecule has 1 saturated carbocycles. The third kappa shape index (κ3) is 4.59. The van der Waals surface area contributed by atoms with E-state index in [1.807, 2.05) is 12.1 Å². The van der Waals surface area contributed by atoms with E-state index in [4.69, 9.17) is 9.47 Å². The first kappa shape index (κ1) is 17.0. The Balaban J connectivity index is 1.58. The van der Waals surface area contributed by atoms with E-state index >= 15 is 0 Å². The number of esters is 2. The Bertz CT molecular complexity index is 710. The highest BCUT2D eigenvalue weighted by Crippen LogP contribution is 2.23. The van der Waals surface area contributed by atoms with Crippen molar-refractivity contribution in [3.63, 3.8) is 0 Å². The van der Waals surface area contributed by atoms with Crippen molar-refractivity contribution in [2.45, 2.75) is 44.9 Å². The molecule has 132 valence electrons. The number of carbonyl (C=O) groups excluding carboxylic acids is 3. The summed E-state index contributed by atoms with van der Waals surface area (Å²) in [5.41, 5.74) is 1.35. The number of benzene rings is 1. The Labute approximate surface area is 145 Å². The fourth-order valence-electron chi connectivity index (χ4n) is 2.34. The van der Waals surface area contributed by atoms with Gasteiger partial charge in [-0.3, -0.25) is 4.79 Å². The van der Waals surface area contributed by atoms with Crippen LogP contribution in [0.1, 0.15) is 32.3 Å². The summed E-state index contributed by atoms with van der Waals surface area (Å²) in [5.74, 6) is -2.71. The van der Waals surface area contributed by atoms with E-state index in [1.54, 1.807) is 12.1 Å². The fraction of sp³-hybridized carbons (Fsp3) is 0.389. The molecule has 1 amide bonds. The maximum Gasteiger partial charge on any atom is 0.350 e. The van der Waals surface area contributed by atoms with Crippen LogP contribution >= 0.6 is 0 Å². The number of amides is 1. The molecule has 2 fully saturated rings. The Morgan fingerprint density at radius 2 is 1.76 bits per heavy atom. The molecule has 2 N–H and O–H groups in total. The van der Waals surface area contributed by atoms with E-state index in [0.29, 0.717) is 18.2 Å². The number of ether oxygens (including phenoxy) is 2. The van der Waals surface area contributed by atoms with Gasteiger partial charge in [-0.2, -0.15) is 0 Å². The van der Waals surface area contributed by atoms with Gasteiger partial charge >= 0.3 is 11.9 Å². The summed E-state index contributed by atoms with van der Waals surface area (Å²) < 4.78 is 10.0. The molecule has 7 heteroatoms. The second kappa shape index (κ2) is 6.58. The molecule has 7 nitrogen and oxygen atoms in total. The molecule has 0 aromatic heterocycles. The maximum atomic E-state index is 11.8. The van der Waals surface area contributed by atoms with E-state index in [2.05, 4.69) is 10.6 Å². The van der Waals surface area contributed by atoms with Crippen molar-refractivity contribution in [3.05, 3.63) is 41.6 Å². The van der Waals surface area contributed by atoms with Crippen molar-refractivity contribution < 1.29 is 23.9 Å². The molecule has 1 heterocycles. The van der Waals surface area contributed by atoms with E-state index < -0.39 is 17.7 Å². The van der Waals surface area contributed by atoms with E-state index in [9.17, 15) is 14.4 Å². The summed E-state index contributed by atoms with van der Waals surface area (Å²) in [6, 6.07) is 7.50. The zero-order valence-electron chi connectivity index (χ0n) is 14.1. The first-order valence-corrected chi connectivity index (χ1v) is 8.14. The summed E-state index contributed by atoms with van der Waals surface area (Å²) in [6.07, 6.45) is 3.71. The lowest BCUT2D eigenvalue weighted by Crippen LogP contribution is -2.42. The molecule has 0 unspecified atom stereocenters. The summed E-state index contributed by atoms with van der Waals surface area (Å²) in [6.45, 7) is 2.98. The molecular weight excluding hydrogens is 324 g/mol. The third-order valence-electron chi connectivity index (χ3n) is 3.76. The number of cyclic esters (lactones) is 2. The van der Waals surface area contributed by atoms with Gasteiger partial charge in [-0.05, 0) is 30.5 Å². The Morgan fingerprint density at radius 3 is 2.32 bits per heavy atom. The highest BCUT2D eigenvalue weighted by atomic mass is 16.7. The average Bonchev–Trinajstić information content (AvgIpc) is 3.30. The number of anilines is 1. The average molecular weight is 344 g/mol. The van der Waals surface area contributed by atoms with Gasteiger partial charge in [0.25, 0.3) is 5.79 Å². The third-order valence-corrected chi connectivity index (χ3v) is 3.76. The van der Waals surface area contributed by atoms with E-state index in [1.165, 1.54) is 20.0 Å². The molecular formula is C18H20N2O5. The molecule has 1 aliphatic carbocycles. The predicted octanol–water partition coefficient (Wildman–Crippen LogP) is 1.64. The predicted molar refractivity (Wildman–Crippen MR) is 89.3 cm³/mol. The van der Waals surface area contributed by atoms with Gasteiger partial charge in [-0.25, -0.2) is 9.59 Å². The van der Waals surface area contributed by atoms with Gasteiger partial charge in [0, 0.05) is 31.8 Å². The second-order valence-corrected chi connectivity index (χ2v) is 6.60. The minimum atomic E-state index is -1.26. The first-order valence-electron chi connectivity index (χ1n) is 8.14. The standard InChI is InChI=1S/C18H20N2O5/c1-18(2)24-16(22)14(17(23)25-18)10-19-12-5-3-11(4-6-12)9-15(21)20-13-7-8-13/h3-6,10,13,19H,7-9H2,1-2H3,(H,20,21). The van der Waals surface area contributed by atoms with Crippen LogP contribution in [-0.4, -0.2) is 29.7 Å². The molecule has 1 aliphatic heterocycles. The van der Waals surface area contributed by atoms with Crippen molar-refractivity contribution >= 4 is 23.5 Å². The zero-order valence-corrected chi connectivity index (χ0v) is 14.1. The van der Waals surface area contributed by atoms with Gasteiger partial charge < -0.3 is 20.1 Å². The lowest BCUT2D eigenvalue weighted by molar-refractivity contribution is -0.222. The molecule has 0 atom stereocenters. The van der Waals surface area contributed by atoms with Gasteiger partial charge in [0.05, 0.1) is 6.42 Å². The number of hydrogen-bond acceptors (Lipinski definition) is 6. The molecule has 2 aliphatic rings. The molecule has 25 heavy (non-hydrogen) atoms. The van der Waals surface area contributed by atoms with Crippen LogP contribution in [0.15, 0.2) is 36.0 Å². The van der Waals surface area contributed by atoms with Crippen LogP contribution in [-0.2, 0) is 30.3 Å². The molecule has 1 saturated heterocycles. The minimum Gasteiger partial charge on any atom is -0.419 e. The van der Waals surface area contributed by atoms with Crippen molar-refractivity contribution in [2.75, 3.05) is 5.32 Å². The van der Waals surface area contributed by atoms with Crippen LogP contribution in [0.25, 0.3) is 0 Å². The molecule has 0 bridgehead atoms. The van der Waals surface area contributed by atoms with Gasteiger partial charge in [0.1, 0.15) is 0 Å². The minimum absolute atomic E-state index is 0.0145. The Hall–Kier alpha value is -2.83. The van der Waals surface area contributed by atoms with Crippen molar-refractivity contribution in [1.29, 1.82) is 0 Å². The lowest BCUT2D eigenvalue weighted by Gasteiger charge is -2.29. The van der Waals surface area contributed by atoms with Crippen LogP contribution in [0.5, 0.6) is 0 Å². The Morgan fingerprint density at radius 1 is 1.16 bits per heavy atom. The molecule has 1 aromatic rings. The zero-order chi connectivity index (χ0) is 18.0. The Kier molecular flexibility index (Phi) is 4.48. The number of carbonyl (C=O) groups is 3. The van der Waals surface area contributed by atoms with E-state index in [-0.39, 0.29) is 11.5 Å². The highest BCUT2D eigenvalue weighted by molar-refractivity contribution is 6.15. The lowest BCUT2D eigenvalue weighted by atomic mass is 10.1. The fourth-order valence-corrected chi connectivity index (χ4v) is 2.34.